The molecule has 0 spiro atoms. The average Bonchev–Trinajstić information content (AvgIpc) is 2.73. The van der Waals surface area contributed by atoms with Gasteiger partial charge in [0.25, 0.3) is 0 Å². The summed E-state index contributed by atoms with van der Waals surface area (Å²) in [5.41, 5.74) is 0. The maximum absolute atomic E-state index is 6.55. The van der Waals surface area contributed by atoms with Crippen LogP contribution in [-0.4, -0.2) is 27.1 Å². The molecular weight excluding hydrogens is 252 g/mol. The fraction of sp³-hybridized carbons (Fsp3) is 0.875. The lowest BCUT2D eigenvalue weighted by atomic mass is 9.99. The van der Waals surface area contributed by atoms with Gasteiger partial charge in [0, 0.05) is 0 Å². The minimum Gasteiger partial charge on any atom is -0.411 e. The molecule has 0 saturated carbocycles. The van der Waals surface area contributed by atoms with Gasteiger partial charge in [-0.05, 0) is 43.3 Å². The summed E-state index contributed by atoms with van der Waals surface area (Å²) in [5.74, 6) is 0.638. The van der Waals surface area contributed by atoms with Crippen LogP contribution in [0.5, 0.6) is 0 Å². The third-order valence-electron chi connectivity index (χ3n) is 4.68. The Morgan fingerprint density at radius 3 is 2.53 bits per heavy atom. The molecule has 1 aliphatic rings. The second-order valence-electron chi connectivity index (χ2n) is 7.32. The normalized spacial score (nSPS) is 26.4. The maximum Gasteiger partial charge on any atom is 0.192 e. The van der Waals surface area contributed by atoms with Gasteiger partial charge in [0.1, 0.15) is 0 Å². The predicted molar refractivity (Wildman–Crippen MR) is 85.0 cm³/mol. The molecule has 1 fully saturated rings. The van der Waals surface area contributed by atoms with Gasteiger partial charge in [0.2, 0.25) is 0 Å². The second kappa shape index (κ2) is 6.55. The molecule has 0 aromatic heterocycles. The van der Waals surface area contributed by atoms with Crippen LogP contribution in [0.4, 0.5) is 0 Å². The Balaban J connectivity index is 2.62. The Bertz CT molecular complexity index is 294. The van der Waals surface area contributed by atoms with Gasteiger partial charge in [0.15, 0.2) is 8.32 Å². The molecule has 0 N–H and O–H groups in total. The molecule has 1 rings (SSSR count). The van der Waals surface area contributed by atoms with Crippen LogP contribution in [-0.2, 0) is 9.16 Å². The molecule has 1 aliphatic heterocycles. The molecule has 0 radical (unpaired) electrons. The van der Waals surface area contributed by atoms with E-state index in [1.165, 1.54) is 0 Å². The van der Waals surface area contributed by atoms with Crippen molar-refractivity contribution in [1.82, 2.24) is 0 Å². The topological polar surface area (TPSA) is 18.5 Å². The van der Waals surface area contributed by atoms with Crippen LogP contribution in [0.2, 0.25) is 18.1 Å². The minimum atomic E-state index is -1.70. The van der Waals surface area contributed by atoms with Crippen LogP contribution < -0.4 is 0 Å². The van der Waals surface area contributed by atoms with Crippen molar-refractivity contribution >= 4 is 8.32 Å². The minimum absolute atomic E-state index is 0.260. The quantitative estimate of drug-likeness (QED) is 0.517. The number of ether oxygens (including phenoxy) is 1. The van der Waals surface area contributed by atoms with Crippen LogP contribution in [0.1, 0.15) is 47.0 Å². The van der Waals surface area contributed by atoms with Gasteiger partial charge in [-0.3, -0.25) is 0 Å². The molecule has 3 atom stereocenters. The summed E-state index contributed by atoms with van der Waals surface area (Å²) in [6.07, 6.45) is 5.77. The first-order valence-electron chi connectivity index (χ1n) is 7.61. The number of hydrogen-bond acceptors (Lipinski definition) is 2. The molecule has 0 bridgehead atoms. The van der Waals surface area contributed by atoms with E-state index in [1.807, 2.05) is 6.08 Å². The summed E-state index contributed by atoms with van der Waals surface area (Å²) in [4.78, 5) is 0. The summed E-state index contributed by atoms with van der Waals surface area (Å²) in [6.45, 7) is 18.4. The molecule has 0 aromatic carbocycles. The van der Waals surface area contributed by atoms with E-state index < -0.39 is 8.32 Å². The zero-order chi connectivity index (χ0) is 14.7. The van der Waals surface area contributed by atoms with Gasteiger partial charge >= 0.3 is 0 Å². The number of hydrogen-bond donors (Lipinski definition) is 0. The van der Waals surface area contributed by atoms with Crippen LogP contribution >= 0.6 is 0 Å². The van der Waals surface area contributed by atoms with E-state index in [1.54, 1.807) is 0 Å². The van der Waals surface area contributed by atoms with Gasteiger partial charge in [-0.2, -0.15) is 0 Å². The fourth-order valence-electron chi connectivity index (χ4n) is 2.36. The van der Waals surface area contributed by atoms with E-state index >= 15 is 0 Å². The number of allylic oxidation sites excluding steroid dienone is 1. The molecule has 0 amide bonds. The van der Waals surface area contributed by atoms with Crippen molar-refractivity contribution in [2.24, 2.45) is 5.92 Å². The Morgan fingerprint density at radius 2 is 2.05 bits per heavy atom. The van der Waals surface area contributed by atoms with Crippen molar-refractivity contribution in [3.05, 3.63) is 12.7 Å². The molecule has 0 unspecified atom stereocenters. The van der Waals surface area contributed by atoms with Gasteiger partial charge < -0.3 is 9.16 Å². The first-order chi connectivity index (χ1) is 8.71. The zero-order valence-corrected chi connectivity index (χ0v) is 14.7. The molecule has 1 saturated heterocycles. The third kappa shape index (κ3) is 4.43. The zero-order valence-electron chi connectivity index (χ0n) is 13.7. The summed E-state index contributed by atoms with van der Waals surface area (Å²) in [7, 11) is -1.70. The van der Waals surface area contributed by atoms with E-state index in [-0.39, 0.29) is 17.2 Å². The van der Waals surface area contributed by atoms with E-state index in [2.05, 4.69) is 47.4 Å². The Morgan fingerprint density at radius 1 is 1.42 bits per heavy atom. The first-order valence-corrected chi connectivity index (χ1v) is 10.5. The van der Waals surface area contributed by atoms with Gasteiger partial charge in [-0.15, -0.1) is 6.58 Å². The lowest BCUT2D eigenvalue weighted by Crippen LogP contribution is -2.46. The second-order valence-corrected chi connectivity index (χ2v) is 12.1. The molecule has 3 heteroatoms. The van der Waals surface area contributed by atoms with Gasteiger partial charge in [0.05, 0.1) is 18.8 Å². The van der Waals surface area contributed by atoms with Crippen molar-refractivity contribution in [2.45, 2.75) is 77.3 Å². The fourth-order valence-corrected chi connectivity index (χ4v) is 3.79. The monoisotopic (exact) mass is 284 g/mol. The molecule has 2 nitrogen and oxygen atoms in total. The standard InChI is InChI=1S/C16H32O2Si/c1-8-10-13-11-15(17-12-13)14(9-2)18-19(6,7)16(3,4)5/h8,13-15H,1,9-12H2,2-7H3/t13-,14+,15+/m1/s1. The third-order valence-corrected chi connectivity index (χ3v) is 9.19. The highest BCUT2D eigenvalue weighted by Crippen LogP contribution is 2.39. The average molecular weight is 285 g/mol. The van der Waals surface area contributed by atoms with Crippen molar-refractivity contribution in [1.29, 1.82) is 0 Å². The highest BCUT2D eigenvalue weighted by molar-refractivity contribution is 6.74. The van der Waals surface area contributed by atoms with Crippen molar-refractivity contribution in [3.63, 3.8) is 0 Å². The largest absolute Gasteiger partial charge is 0.411 e. The first kappa shape index (κ1) is 16.9. The van der Waals surface area contributed by atoms with E-state index in [9.17, 15) is 0 Å². The summed E-state index contributed by atoms with van der Waals surface area (Å²) in [6, 6.07) is 0. The summed E-state index contributed by atoms with van der Waals surface area (Å²) >= 11 is 0. The Labute approximate surface area is 120 Å². The SMILES string of the molecule is C=CC[C@H]1CO[C@H]([C@H](CC)O[Si](C)(C)C(C)(C)C)C1. The van der Waals surface area contributed by atoms with Crippen LogP contribution in [0, 0.1) is 5.92 Å². The van der Waals surface area contributed by atoms with Gasteiger partial charge in [-0.25, -0.2) is 0 Å². The smallest absolute Gasteiger partial charge is 0.192 e. The van der Waals surface area contributed by atoms with Crippen molar-refractivity contribution in [2.75, 3.05) is 6.61 Å². The van der Waals surface area contributed by atoms with E-state index in [0.717, 1.165) is 25.9 Å². The molecule has 19 heavy (non-hydrogen) atoms. The molecular formula is C16H32O2Si. The summed E-state index contributed by atoms with van der Waals surface area (Å²) in [5, 5.41) is 0.263. The summed E-state index contributed by atoms with van der Waals surface area (Å²) < 4.78 is 12.5. The highest BCUT2D eigenvalue weighted by atomic mass is 28.4. The van der Waals surface area contributed by atoms with Crippen LogP contribution in [0.15, 0.2) is 12.7 Å². The lowest BCUT2D eigenvalue weighted by molar-refractivity contribution is 0.00328. The van der Waals surface area contributed by atoms with Gasteiger partial charge in [-0.1, -0.05) is 33.8 Å². The Hall–Kier alpha value is -0.123. The Kier molecular flexibility index (Phi) is 5.84. The predicted octanol–water partition coefficient (Wildman–Crippen LogP) is 4.77. The van der Waals surface area contributed by atoms with Crippen molar-refractivity contribution in [3.8, 4) is 0 Å². The molecule has 0 aliphatic carbocycles. The lowest BCUT2D eigenvalue weighted by Gasteiger charge is -2.40. The van der Waals surface area contributed by atoms with Crippen molar-refractivity contribution < 1.29 is 9.16 Å². The highest BCUT2D eigenvalue weighted by Gasteiger charge is 2.41. The van der Waals surface area contributed by atoms with E-state index in [0.29, 0.717) is 5.92 Å². The number of rotatable bonds is 6. The molecule has 0 aromatic rings. The maximum atomic E-state index is 6.55. The molecule has 112 valence electrons. The molecule has 1 heterocycles. The van der Waals surface area contributed by atoms with Crippen LogP contribution in [0.3, 0.4) is 0 Å². The van der Waals surface area contributed by atoms with Crippen LogP contribution in [0.25, 0.3) is 0 Å². The van der Waals surface area contributed by atoms with E-state index in [4.69, 9.17) is 9.16 Å².